The van der Waals surface area contributed by atoms with Gasteiger partial charge in [0.2, 0.25) is 0 Å². The van der Waals surface area contributed by atoms with Gasteiger partial charge in [0.05, 0.1) is 22.1 Å². The Hall–Kier alpha value is -3.25. The maximum Gasteiger partial charge on any atom is 0.338 e. The Bertz CT molecular complexity index is 992. The van der Waals surface area contributed by atoms with Crippen LogP contribution in [0.5, 0.6) is 0 Å². The fourth-order valence-electron chi connectivity index (χ4n) is 2.08. The highest BCUT2D eigenvalue weighted by atomic mass is 32.2. The van der Waals surface area contributed by atoms with Crippen LogP contribution in [-0.2, 0) is 21.2 Å². The average molecular weight is 360 g/mol. The molecule has 2 aromatic rings. The van der Waals surface area contributed by atoms with E-state index in [1.54, 1.807) is 24.3 Å². The topological polar surface area (TPSA) is 127 Å². The molecule has 0 aliphatic carbocycles. The summed E-state index contributed by atoms with van der Waals surface area (Å²) in [5.74, 6) is -0.865. The minimum atomic E-state index is -3.82. The number of benzene rings is 2. The van der Waals surface area contributed by atoms with Crippen LogP contribution in [0.25, 0.3) is 0 Å². The maximum absolute atomic E-state index is 12.1. The van der Waals surface area contributed by atoms with Gasteiger partial charge in [-0.1, -0.05) is 18.2 Å². The molecule has 0 saturated carbocycles. The largest absolute Gasteiger partial charge is 0.457 e. The van der Waals surface area contributed by atoms with E-state index in [1.165, 1.54) is 0 Å². The van der Waals surface area contributed by atoms with E-state index in [1.807, 2.05) is 6.07 Å². The minimum absolute atomic E-state index is 0.159. The predicted molar refractivity (Wildman–Crippen MR) is 86.5 cm³/mol. The van der Waals surface area contributed by atoms with E-state index in [9.17, 15) is 23.3 Å². The number of esters is 1. The standard InChI is InChI=1S/C16H12N2O6S/c1-25(22,23)15-7-6-11(8-14(15)18(20)21)16(19)24-10-13-5-3-2-4-12(13)9-17/h2-8H,10H2,1H3. The van der Waals surface area contributed by atoms with Crippen molar-refractivity contribution in [2.24, 2.45) is 0 Å². The summed E-state index contributed by atoms with van der Waals surface area (Å²) >= 11 is 0. The Balaban J connectivity index is 2.27. The molecule has 0 saturated heterocycles. The molecule has 0 fully saturated rings. The van der Waals surface area contributed by atoms with Crippen LogP contribution in [0.1, 0.15) is 21.5 Å². The van der Waals surface area contributed by atoms with Gasteiger partial charge in [-0.15, -0.1) is 0 Å². The van der Waals surface area contributed by atoms with Crippen molar-refractivity contribution < 1.29 is 22.9 Å². The summed E-state index contributed by atoms with van der Waals surface area (Å²) in [6.45, 7) is -0.190. The van der Waals surface area contributed by atoms with Gasteiger partial charge in [0, 0.05) is 17.9 Å². The number of rotatable bonds is 5. The van der Waals surface area contributed by atoms with Gasteiger partial charge >= 0.3 is 5.97 Å². The Morgan fingerprint density at radius 3 is 2.56 bits per heavy atom. The van der Waals surface area contributed by atoms with Gasteiger partial charge in [-0.25, -0.2) is 13.2 Å². The van der Waals surface area contributed by atoms with E-state index < -0.39 is 31.3 Å². The molecule has 8 nitrogen and oxygen atoms in total. The zero-order chi connectivity index (χ0) is 18.6. The van der Waals surface area contributed by atoms with Crippen molar-refractivity contribution in [1.29, 1.82) is 5.26 Å². The molecule has 0 heterocycles. The van der Waals surface area contributed by atoms with Crippen LogP contribution in [0, 0.1) is 21.4 Å². The van der Waals surface area contributed by atoms with Gasteiger partial charge in [0.1, 0.15) is 11.5 Å². The Kier molecular flexibility index (Phi) is 5.14. The number of nitro groups is 1. The molecule has 128 valence electrons. The van der Waals surface area contributed by atoms with Gasteiger partial charge < -0.3 is 4.74 Å². The first-order valence-electron chi connectivity index (χ1n) is 6.87. The second-order valence-corrected chi connectivity index (χ2v) is 7.04. The molecule has 0 aliphatic heterocycles. The van der Waals surface area contributed by atoms with E-state index in [4.69, 9.17) is 10.00 Å². The van der Waals surface area contributed by atoms with Crippen LogP contribution in [0.3, 0.4) is 0 Å². The maximum atomic E-state index is 12.1. The van der Waals surface area contributed by atoms with Crippen molar-refractivity contribution in [1.82, 2.24) is 0 Å². The molecule has 0 unspecified atom stereocenters. The normalized spacial score (nSPS) is 10.7. The number of sulfone groups is 1. The summed E-state index contributed by atoms with van der Waals surface area (Å²) in [6.07, 6.45) is 0.839. The molecule has 0 bridgehead atoms. The lowest BCUT2D eigenvalue weighted by Crippen LogP contribution is -2.09. The quantitative estimate of drug-likeness (QED) is 0.454. The van der Waals surface area contributed by atoms with E-state index in [0.29, 0.717) is 11.1 Å². The smallest absolute Gasteiger partial charge is 0.338 e. The molecule has 2 rings (SSSR count). The molecule has 0 aromatic heterocycles. The van der Waals surface area contributed by atoms with Gasteiger partial charge in [0.25, 0.3) is 5.69 Å². The average Bonchev–Trinajstić information content (AvgIpc) is 2.58. The molecule has 0 spiro atoms. The molecule has 25 heavy (non-hydrogen) atoms. The van der Waals surface area contributed by atoms with E-state index in [-0.39, 0.29) is 12.2 Å². The Morgan fingerprint density at radius 1 is 1.28 bits per heavy atom. The third-order valence-corrected chi connectivity index (χ3v) is 4.43. The van der Waals surface area contributed by atoms with Crippen molar-refractivity contribution >= 4 is 21.5 Å². The van der Waals surface area contributed by atoms with Gasteiger partial charge in [0.15, 0.2) is 9.84 Å². The molecular formula is C16H12N2O6S. The van der Waals surface area contributed by atoms with Crippen LogP contribution >= 0.6 is 0 Å². The first-order valence-corrected chi connectivity index (χ1v) is 8.77. The van der Waals surface area contributed by atoms with Crippen molar-refractivity contribution in [3.63, 3.8) is 0 Å². The highest BCUT2D eigenvalue weighted by Crippen LogP contribution is 2.25. The van der Waals surface area contributed by atoms with E-state index >= 15 is 0 Å². The summed E-state index contributed by atoms with van der Waals surface area (Å²) in [5.41, 5.74) is -0.0303. The number of nitrogens with zero attached hydrogens (tertiary/aromatic N) is 2. The molecule has 2 aromatic carbocycles. The van der Waals surface area contributed by atoms with Gasteiger partial charge in [-0.3, -0.25) is 10.1 Å². The van der Waals surface area contributed by atoms with Crippen molar-refractivity contribution in [3.05, 3.63) is 69.3 Å². The first-order chi connectivity index (χ1) is 11.7. The molecule has 0 radical (unpaired) electrons. The predicted octanol–water partition coefficient (Wildman–Crippen LogP) is 2.23. The second-order valence-electron chi connectivity index (χ2n) is 5.06. The number of nitriles is 1. The van der Waals surface area contributed by atoms with Gasteiger partial charge in [-0.05, 0) is 18.2 Å². The van der Waals surface area contributed by atoms with E-state index in [0.717, 1.165) is 24.5 Å². The number of nitro benzene ring substituents is 1. The summed E-state index contributed by atoms with van der Waals surface area (Å²) in [4.78, 5) is 21.8. The lowest BCUT2D eigenvalue weighted by Gasteiger charge is -2.07. The molecule has 0 amide bonds. The van der Waals surface area contributed by atoms with Crippen molar-refractivity contribution in [3.8, 4) is 6.07 Å². The number of carbonyl (C=O) groups excluding carboxylic acids is 1. The highest BCUT2D eigenvalue weighted by Gasteiger charge is 2.24. The minimum Gasteiger partial charge on any atom is -0.457 e. The van der Waals surface area contributed by atoms with Crippen LogP contribution in [0.4, 0.5) is 5.69 Å². The number of ether oxygens (including phenoxy) is 1. The number of hydrogen-bond acceptors (Lipinski definition) is 7. The Labute approximate surface area is 143 Å². The van der Waals surface area contributed by atoms with Crippen molar-refractivity contribution in [2.45, 2.75) is 11.5 Å². The third-order valence-electron chi connectivity index (χ3n) is 3.29. The molecular weight excluding hydrogens is 348 g/mol. The second kappa shape index (κ2) is 7.11. The van der Waals surface area contributed by atoms with Crippen LogP contribution in [0.15, 0.2) is 47.4 Å². The van der Waals surface area contributed by atoms with Crippen LogP contribution in [0.2, 0.25) is 0 Å². The lowest BCUT2D eigenvalue weighted by atomic mass is 10.1. The fourth-order valence-corrected chi connectivity index (χ4v) is 2.91. The fraction of sp³-hybridized carbons (Fsp3) is 0.125. The monoisotopic (exact) mass is 360 g/mol. The lowest BCUT2D eigenvalue weighted by molar-refractivity contribution is -0.387. The molecule has 0 aliphatic rings. The van der Waals surface area contributed by atoms with Crippen molar-refractivity contribution in [2.75, 3.05) is 6.26 Å². The Morgan fingerprint density at radius 2 is 1.96 bits per heavy atom. The van der Waals surface area contributed by atoms with Crippen LogP contribution < -0.4 is 0 Å². The zero-order valence-electron chi connectivity index (χ0n) is 13.0. The van der Waals surface area contributed by atoms with Gasteiger partial charge in [-0.2, -0.15) is 5.26 Å². The number of carbonyl (C=O) groups is 1. The SMILES string of the molecule is CS(=O)(=O)c1ccc(C(=O)OCc2ccccc2C#N)cc1[N+](=O)[O-]. The summed E-state index contributed by atoms with van der Waals surface area (Å²) in [5, 5.41) is 20.0. The zero-order valence-corrected chi connectivity index (χ0v) is 13.8. The third kappa shape index (κ3) is 4.19. The summed E-state index contributed by atoms with van der Waals surface area (Å²) in [6, 6.07) is 11.5. The summed E-state index contributed by atoms with van der Waals surface area (Å²) in [7, 11) is -3.82. The summed E-state index contributed by atoms with van der Waals surface area (Å²) < 4.78 is 28.2. The molecule has 0 atom stereocenters. The van der Waals surface area contributed by atoms with E-state index in [2.05, 4.69) is 0 Å². The van der Waals surface area contributed by atoms with Crippen LogP contribution in [-0.4, -0.2) is 25.6 Å². The molecule has 0 N–H and O–H groups in total. The highest BCUT2D eigenvalue weighted by molar-refractivity contribution is 7.90. The number of hydrogen-bond donors (Lipinski definition) is 0. The molecule has 9 heteroatoms. The first kappa shape index (κ1) is 18.1.